The summed E-state index contributed by atoms with van der Waals surface area (Å²) >= 11 is 0. The summed E-state index contributed by atoms with van der Waals surface area (Å²) < 4.78 is 22.8. The molecule has 0 aromatic heterocycles. The fourth-order valence-electron chi connectivity index (χ4n) is 2.73. The Balaban J connectivity index is 1.85. The first-order valence-corrected chi connectivity index (χ1v) is 8.01. The molecule has 2 rings (SSSR count). The summed E-state index contributed by atoms with van der Waals surface area (Å²) in [6, 6.07) is 0. The monoisotopic (exact) mass is 246 g/mol. The Hall–Kier alpha value is -0.130. The Morgan fingerprint density at radius 1 is 1.44 bits per heavy atom. The minimum atomic E-state index is -2.71. The third kappa shape index (κ3) is 3.43. The molecule has 2 aliphatic heterocycles. The summed E-state index contributed by atoms with van der Waals surface area (Å²) in [6.07, 6.45) is 0.862. The van der Waals surface area contributed by atoms with Gasteiger partial charge in [0.15, 0.2) is 9.84 Å². The molecule has 2 unspecified atom stereocenters. The van der Waals surface area contributed by atoms with Crippen molar-refractivity contribution >= 4 is 9.84 Å². The largest absolute Gasteiger partial charge is 0.315 e. The van der Waals surface area contributed by atoms with Gasteiger partial charge in [-0.25, -0.2) is 8.42 Å². The lowest BCUT2D eigenvalue weighted by molar-refractivity contribution is 0.232. The van der Waals surface area contributed by atoms with Crippen LogP contribution in [0.3, 0.4) is 0 Å². The molecule has 0 amide bonds. The van der Waals surface area contributed by atoms with Crippen LogP contribution >= 0.6 is 0 Å². The Morgan fingerprint density at radius 3 is 2.94 bits per heavy atom. The second kappa shape index (κ2) is 5.02. The average molecular weight is 246 g/mol. The molecule has 0 aliphatic carbocycles. The summed E-state index contributed by atoms with van der Waals surface area (Å²) in [5.41, 5.74) is 0. The zero-order valence-electron chi connectivity index (χ0n) is 9.98. The number of rotatable bonds is 2. The van der Waals surface area contributed by atoms with Crippen molar-refractivity contribution in [2.75, 3.05) is 44.2 Å². The molecule has 0 aromatic carbocycles. The van der Waals surface area contributed by atoms with E-state index < -0.39 is 9.84 Å². The highest BCUT2D eigenvalue weighted by atomic mass is 32.2. The third-order valence-corrected chi connectivity index (χ3v) is 5.35. The van der Waals surface area contributed by atoms with Crippen LogP contribution in [0.5, 0.6) is 0 Å². The van der Waals surface area contributed by atoms with Gasteiger partial charge in [0.2, 0.25) is 0 Å². The smallest absolute Gasteiger partial charge is 0.150 e. The first-order valence-electron chi connectivity index (χ1n) is 6.19. The van der Waals surface area contributed by atoms with E-state index in [2.05, 4.69) is 17.1 Å². The summed E-state index contributed by atoms with van der Waals surface area (Å²) in [5, 5.41) is 3.41. The van der Waals surface area contributed by atoms with Crippen molar-refractivity contribution in [2.24, 2.45) is 11.8 Å². The van der Waals surface area contributed by atoms with Crippen molar-refractivity contribution in [2.45, 2.75) is 13.3 Å². The number of nitrogens with one attached hydrogen (secondary N) is 1. The molecule has 0 aromatic rings. The number of hydrogen-bond donors (Lipinski definition) is 1. The van der Waals surface area contributed by atoms with Gasteiger partial charge in [0.1, 0.15) is 0 Å². The van der Waals surface area contributed by atoms with E-state index in [0.717, 1.165) is 39.1 Å². The minimum absolute atomic E-state index is 0.371. The molecule has 16 heavy (non-hydrogen) atoms. The lowest BCUT2D eigenvalue weighted by Gasteiger charge is -2.24. The van der Waals surface area contributed by atoms with Crippen LogP contribution in [0.15, 0.2) is 0 Å². The van der Waals surface area contributed by atoms with Crippen LogP contribution in [0, 0.1) is 11.8 Å². The zero-order chi connectivity index (χ0) is 11.6. The van der Waals surface area contributed by atoms with E-state index in [1.807, 2.05) is 0 Å². The van der Waals surface area contributed by atoms with Crippen LogP contribution in [0.4, 0.5) is 0 Å². The summed E-state index contributed by atoms with van der Waals surface area (Å²) in [7, 11) is -2.71. The van der Waals surface area contributed by atoms with Crippen LogP contribution in [0.25, 0.3) is 0 Å². The molecular formula is C11H22N2O2S. The molecule has 2 aliphatic rings. The highest BCUT2D eigenvalue weighted by molar-refractivity contribution is 7.91. The molecule has 0 bridgehead atoms. The van der Waals surface area contributed by atoms with E-state index >= 15 is 0 Å². The fourth-order valence-corrected chi connectivity index (χ4v) is 4.58. The Labute approximate surface area is 98.3 Å². The summed E-state index contributed by atoms with van der Waals surface area (Å²) in [6.45, 7) is 7.48. The van der Waals surface area contributed by atoms with E-state index in [1.54, 1.807) is 0 Å². The van der Waals surface area contributed by atoms with Gasteiger partial charge in [-0.2, -0.15) is 0 Å². The molecule has 94 valence electrons. The Bertz CT molecular complexity index is 329. The molecular weight excluding hydrogens is 224 g/mol. The standard InChI is InChI=1S/C11H22N2O2S/c1-10-6-12-3-4-13(7-10)8-11-2-5-16(14,15)9-11/h10-12H,2-9H2,1H3. The second-order valence-corrected chi connectivity index (χ2v) is 7.57. The van der Waals surface area contributed by atoms with Gasteiger partial charge in [-0.1, -0.05) is 6.92 Å². The van der Waals surface area contributed by atoms with Gasteiger partial charge in [-0.3, -0.25) is 0 Å². The Morgan fingerprint density at radius 2 is 2.25 bits per heavy atom. The van der Waals surface area contributed by atoms with Crippen molar-refractivity contribution in [1.82, 2.24) is 10.2 Å². The van der Waals surface area contributed by atoms with Gasteiger partial charge in [0, 0.05) is 26.2 Å². The van der Waals surface area contributed by atoms with Crippen LogP contribution in [-0.4, -0.2) is 57.5 Å². The number of sulfone groups is 1. The van der Waals surface area contributed by atoms with E-state index in [4.69, 9.17) is 0 Å². The van der Waals surface area contributed by atoms with E-state index in [0.29, 0.717) is 23.3 Å². The number of hydrogen-bond acceptors (Lipinski definition) is 4. The maximum absolute atomic E-state index is 11.4. The minimum Gasteiger partial charge on any atom is -0.315 e. The third-order valence-electron chi connectivity index (χ3n) is 3.51. The van der Waals surface area contributed by atoms with Crippen molar-refractivity contribution in [3.8, 4) is 0 Å². The van der Waals surface area contributed by atoms with Crippen molar-refractivity contribution < 1.29 is 8.42 Å². The predicted octanol–water partition coefficient (Wildman–Crippen LogP) is -0.0376. The van der Waals surface area contributed by atoms with Crippen molar-refractivity contribution in [3.05, 3.63) is 0 Å². The first-order chi connectivity index (χ1) is 7.55. The molecule has 5 heteroatoms. The highest BCUT2D eigenvalue weighted by Crippen LogP contribution is 2.20. The van der Waals surface area contributed by atoms with E-state index in [9.17, 15) is 8.42 Å². The fraction of sp³-hybridized carbons (Fsp3) is 1.00. The quantitative estimate of drug-likeness (QED) is 0.743. The van der Waals surface area contributed by atoms with E-state index in [-0.39, 0.29) is 0 Å². The second-order valence-electron chi connectivity index (χ2n) is 5.34. The van der Waals surface area contributed by atoms with Gasteiger partial charge in [-0.15, -0.1) is 0 Å². The molecule has 2 atom stereocenters. The maximum atomic E-state index is 11.4. The predicted molar refractivity (Wildman–Crippen MR) is 65.2 cm³/mol. The van der Waals surface area contributed by atoms with Crippen LogP contribution in [0.1, 0.15) is 13.3 Å². The first kappa shape index (κ1) is 12.3. The lowest BCUT2D eigenvalue weighted by atomic mass is 10.1. The summed E-state index contributed by atoms with van der Waals surface area (Å²) in [4.78, 5) is 2.43. The normalized spacial score (nSPS) is 36.1. The lowest BCUT2D eigenvalue weighted by Crippen LogP contribution is -2.34. The molecule has 1 N–H and O–H groups in total. The topological polar surface area (TPSA) is 49.4 Å². The molecule has 2 fully saturated rings. The van der Waals surface area contributed by atoms with Gasteiger partial charge in [0.25, 0.3) is 0 Å². The van der Waals surface area contributed by atoms with Gasteiger partial charge in [0.05, 0.1) is 11.5 Å². The van der Waals surface area contributed by atoms with Crippen molar-refractivity contribution in [1.29, 1.82) is 0 Å². The number of nitrogens with zero attached hydrogens (tertiary/aromatic N) is 1. The maximum Gasteiger partial charge on any atom is 0.150 e. The summed E-state index contributed by atoms with van der Waals surface area (Å²) in [5.74, 6) is 1.85. The molecule has 0 radical (unpaired) electrons. The molecule has 4 nitrogen and oxygen atoms in total. The van der Waals surface area contributed by atoms with Gasteiger partial charge in [-0.05, 0) is 24.8 Å². The average Bonchev–Trinajstić information content (AvgIpc) is 2.41. The van der Waals surface area contributed by atoms with E-state index in [1.165, 1.54) is 0 Å². The highest BCUT2D eigenvalue weighted by Gasteiger charge is 2.29. The Kier molecular flexibility index (Phi) is 3.87. The SMILES string of the molecule is CC1CNCCN(CC2CCS(=O)(=O)C2)C1. The zero-order valence-corrected chi connectivity index (χ0v) is 10.8. The van der Waals surface area contributed by atoms with Crippen molar-refractivity contribution in [3.63, 3.8) is 0 Å². The molecule has 0 spiro atoms. The van der Waals surface area contributed by atoms with Crippen LogP contribution in [0.2, 0.25) is 0 Å². The molecule has 2 heterocycles. The van der Waals surface area contributed by atoms with Gasteiger partial charge >= 0.3 is 0 Å². The molecule has 2 saturated heterocycles. The molecule has 0 saturated carbocycles. The van der Waals surface area contributed by atoms with Gasteiger partial charge < -0.3 is 10.2 Å². The van der Waals surface area contributed by atoms with Crippen LogP contribution < -0.4 is 5.32 Å². The van der Waals surface area contributed by atoms with Crippen LogP contribution in [-0.2, 0) is 9.84 Å².